The molecule has 3 aromatic rings. The van der Waals surface area contributed by atoms with E-state index in [1.54, 1.807) is 13.8 Å². The molecule has 0 saturated carbocycles. The van der Waals surface area contributed by atoms with Gasteiger partial charge in [-0.2, -0.15) is 31.4 Å². The average molecular weight is 526 g/mol. The molecule has 0 bridgehead atoms. The first kappa shape index (κ1) is 25.8. The van der Waals surface area contributed by atoms with Crippen molar-refractivity contribution in [3.8, 4) is 10.6 Å². The maximum Gasteiger partial charge on any atom is 0.416 e. The van der Waals surface area contributed by atoms with E-state index in [-0.39, 0.29) is 24.7 Å². The molecule has 0 amide bonds. The highest BCUT2D eigenvalue weighted by Crippen LogP contribution is 2.37. The fourth-order valence-electron chi connectivity index (χ4n) is 2.95. The lowest BCUT2D eigenvalue weighted by Gasteiger charge is -2.15. The fraction of sp³-hybridized carbons (Fsp3) is 0.316. The molecule has 0 aliphatic heterocycles. The molecule has 1 aromatic carbocycles. The van der Waals surface area contributed by atoms with Gasteiger partial charge in [-0.15, -0.1) is 11.3 Å². The highest BCUT2D eigenvalue weighted by Gasteiger charge is 2.38. The monoisotopic (exact) mass is 526 g/mol. The summed E-state index contributed by atoms with van der Waals surface area (Å²) in [6.07, 6.45) is -10.4. The Bertz CT molecular complexity index is 1350. The summed E-state index contributed by atoms with van der Waals surface area (Å²) in [4.78, 5) is 15.8. The number of sulfonamides is 1. The van der Waals surface area contributed by atoms with Crippen LogP contribution in [-0.4, -0.2) is 29.7 Å². The molecule has 7 nitrogen and oxygen atoms in total. The highest BCUT2D eigenvalue weighted by atomic mass is 32.2. The molecular weight excluding hydrogens is 510 g/mol. The van der Waals surface area contributed by atoms with E-state index in [0.717, 1.165) is 9.69 Å². The third-order valence-electron chi connectivity index (χ3n) is 4.49. The lowest BCUT2D eigenvalue weighted by atomic mass is 10.1. The van der Waals surface area contributed by atoms with Gasteiger partial charge >= 0.3 is 12.4 Å². The average Bonchev–Trinajstić information content (AvgIpc) is 3.05. The lowest BCUT2D eigenvalue weighted by Crippen LogP contribution is -2.32. The zero-order valence-electron chi connectivity index (χ0n) is 17.5. The minimum absolute atomic E-state index is 0.109. The van der Waals surface area contributed by atoms with Crippen molar-refractivity contribution in [2.24, 2.45) is 0 Å². The van der Waals surface area contributed by atoms with Gasteiger partial charge in [0.05, 0.1) is 38.1 Å². The minimum atomic E-state index is -5.20. The van der Waals surface area contributed by atoms with E-state index >= 15 is 0 Å². The maximum absolute atomic E-state index is 13.0. The number of aromatic nitrogens is 3. The van der Waals surface area contributed by atoms with Crippen molar-refractivity contribution in [2.45, 2.75) is 37.6 Å². The Morgan fingerprint density at radius 1 is 1.00 bits per heavy atom. The summed E-state index contributed by atoms with van der Waals surface area (Å²) in [5.41, 5.74) is -3.03. The van der Waals surface area contributed by atoms with Crippen LogP contribution in [0.1, 0.15) is 21.8 Å². The van der Waals surface area contributed by atoms with Crippen molar-refractivity contribution in [3.05, 3.63) is 62.5 Å². The number of nitrogens with one attached hydrogen (secondary N) is 1. The third kappa shape index (κ3) is 5.82. The summed E-state index contributed by atoms with van der Waals surface area (Å²) in [5.74, 6) is 0. The van der Waals surface area contributed by atoms with Gasteiger partial charge in [-0.05, 0) is 38.1 Å². The smallest absolute Gasteiger partial charge is 0.268 e. The van der Waals surface area contributed by atoms with Gasteiger partial charge in [-0.1, -0.05) is 0 Å². The van der Waals surface area contributed by atoms with Crippen molar-refractivity contribution in [3.63, 3.8) is 0 Å². The summed E-state index contributed by atoms with van der Waals surface area (Å²) in [5, 5.41) is 4.91. The van der Waals surface area contributed by atoms with Gasteiger partial charge in [0, 0.05) is 12.6 Å². The second-order valence-electron chi connectivity index (χ2n) is 7.07. The Balaban J connectivity index is 1.85. The first-order valence-corrected chi connectivity index (χ1v) is 11.7. The second kappa shape index (κ2) is 9.11. The summed E-state index contributed by atoms with van der Waals surface area (Å²) >= 11 is 1.33. The van der Waals surface area contributed by atoms with Gasteiger partial charge in [0.25, 0.3) is 5.56 Å². The number of aryl methyl sites for hydroxylation is 2. The number of hydrogen-bond acceptors (Lipinski definition) is 6. The molecule has 34 heavy (non-hydrogen) atoms. The number of halogens is 6. The van der Waals surface area contributed by atoms with Crippen LogP contribution in [0.2, 0.25) is 0 Å². The second-order valence-corrected chi connectivity index (χ2v) is 10.0. The molecular formula is C19H16F6N4O3S2. The van der Waals surface area contributed by atoms with Crippen LogP contribution in [-0.2, 0) is 28.9 Å². The highest BCUT2D eigenvalue weighted by molar-refractivity contribution is 7.89. The van der Waals surface area contributed by atoms with Crippen LogP contribution in [0.25, 0.3) is 10.6 Å². The van der Waals surface area contributed by atoms with Crippen LogP contribution < -0.4 is 10.3 Å². The van der Waals surface area contributed by atoms with Gasteiger partial charge in [0.1, 0.15) is 5.69 Å². The zero-order chi connectivity index (χ0) is 25.5. The topological polar surface area (TPSA) is 94.0 Å². The molecule has 0 fully saturated rings. The Kier molecular flexibility index (Phi) is 6.92. The Morgan fingerprint density at radius 3 is 2.09 bits per heavy atom. The van der Waals surface area contributed by atoms with Crippen LogP contribution in [0.5, 0.6) is 0 Å². The Hall–Kier alpha value is -2.78. The number of thiazole rings is 1. The molecule has 15 heteroatoms. The molecule has 3 rings (SSSR count). The van der Waals surface area contributed by atoms with Crippen molar-refractivity contribution < 1.29 is 34.8 Å². The van der Waals surface area contributed by atoms with Crippen molar-refractivity contribution in [1.82, 2.24) is 19.5 Å². The molecule has 0 radical (unpaired) electrons. The fourth-order valence-corrected chi connectivity index (χ4v) is 4.93. The molecule has 0 unspecified atom stereocenters. The first-order valence-electron chi connectivity index (χ1n) is 9.39. The summed E-state index contributed by atoms with van der Waals surface area (Å²) in [6, 6.07) is 2.71. The van der Waals surface area contributed by atoms with Crippen LogP contribution in [0, 0.1) is 13.8 Å². The largest absolute Gasteiger partial charge is 0.416 e. The number of benzene rings is 1. The molecule has 0 aliphatic carbocycles. The quantitative estimate of drug-likeness (QED) is 0.490. The Labute approximate surface area is 193 Å². The van der Waals surface area contributed by atoms with E-state index in [2.05, 4.69) is 10.1 Å². The zero-order valence-corrected chi connectivity index (χ0v) is 19.1. The van der Waals surface area contributed by atoms with Crippen molar-refractivity contribution >= 4 is 21.4 Å². The number of alkyl halides is 6. The molecule has 0 spiro atoms. The van der Waals surface area contributed by atoms with Crippen molar-refractivity contribution in [2.75, 3.05) is 6.54 Å². The van der Waals surface area contributed by atoms with E-state index in [0.29, 0.717) is 16.3 Å². The van der Waals surface area contributed by atoms with Gasteiger partial charge < -0.3 is 0 Å². The van der Waals surface area contributed by atoms with E-state index in [4.69, 9.17) is 0 Å². The van der Waals surface area contributed by atoms with Gasteiger partial charge in [-0.25, -0.2) is 22.8 Å². The molecule has 0 aliphatic rings. The summed E-state index contributed by atoms with van der Waals surface area (Å²) in [7, 11) is -4.78. The SMILES string of the molecule is Cc1nc(C)c(-c2ccc(=O)n(CCNS(=O)(=O)c3cc(C(F)(F)F)cc(C(F)(F)F)c3)n2)s1. The molecule has 2 heterocycles. The number of hydrogen-bond donors (Lipinski definition) is 1. The molecule has 0 atom stereocenters. The van der Waals surface area contributed by atoms with Crippen molar-refractivity contribution in [1.29, 1.82) is 0 Å². The number of rotatable bonds is 6. The minimum Gasteiger partial charge on any atom is -0.268 e. The molecule has 1 N–H and O–H groups in total. The van der Waals surface area contributed by atoms with Gasteiger partial charge in [0.2, 0.25) is 10.0 Å². The summed E-state index contributed by atoms with van der Waals surface area (Å²) < 4.78 is 106. The van der Waals surface area contributed by atoms with Crippen LogP contribution in [0.3, 0.4) is 0 Å². The van der Waals surface area contributed by atoms with Gasteiger partial charge in [-0.3, -0.25) is 4.79 Å². The van der Waals surface area contributed by atoms with E-state index in [1.165, 1.54) is 23.5 Å². The van der Waals surface area contributed by atoms with E-state index in [1.807, 2.05) is 4.72 Å². The maximum atomic E-state index is 13.0. The molecule has 2 aromatic heterocycles. The molecule has 184 valence electrons. The first-order chi connectivity index (χ1) is 15.6. The van der Waals surface area contributed by atoms with Crippen LogP contribution in [0.4, 0.5) is 26.3 Å². The van der Waals surface area contributed by atoms with Crippen LogP contribution >= 0.6 is 11.3 Å². The standard InChI is InChI=1S/C19H16F6N4O3S2/c1-10-17(33-11(2)27-10)15-3-4-16(30)29(28-15)6-5-26-34(31,32)14-8-12(18(20,21)22)7-13(9-14)19(23,24)25/h3-4,7-9,26H,5-6H2,1-2H3. The predicted molar refractivity (Wildman–Crippen MR) is 111 cm³/mol. The third-order valence-corrected chi connectivity index (χ3v) is 7.03. The summed E-state index contributed by atoms with van der Waals surface area (Å²) in [6.45, 7) is 2.68. The van der Waals surface area contributed by atoms with Gasteiger partial charge in [0.15, 0.2) is 0 Å². The van der Waals surface area contributed by atoms with E-state index in [9.17, 15) is 39.6 Å². The normalized spacial score (nSPS) is 12.8. The molecule has 0 saturated heterocycles. The van der Waals surface area contributed by atoms with Crippen LogP contribution in [0.15, 0.2) is 40.0 Å². The predicted octanol–water partition coefficient (Wildman–Crippen LogP) is 4.00. The van der Waals surface area contributed by atoms with E-state index < -0.39 is 50.5 Å². The Morgan fingerprint density at radius 2 is 1.59 bits per heavy atom. The number of nitrogens with zero attached hydrogens (tertiary/aromatic N) is 3. The lowest BCUT2D eigenvalue weighted by molar-refractivity contribution is -0.143.